The summed E-state index contributed by atoms with van der Waals surface area (Å²) in [6.45, 7) is 16.9. The van der Waals surface area contributed by atoms with Gasteiger partial charge in [-0.05, 0) is 112 Å². The van der Waals surface area contributed by atoms with E-state index in [9.17, 15) is 19.2 Å². The second-order valence-electron chi connectivity index (χ2n) is 18.5. The minimum absolute atomic E-state index is 0. The Morgan fingerprint density at radius 2 is 1.09 bits per heavy atom. The van der Waals surface area contributed by atoms with E-state index in [1.807, 2.05) is 30.3 Å². The molecule has 0 aromatic heterocycles. The van der Waals surface area contributed by atoms with Crippen LogP contribution in [0.5, 0.6) is 0 Å². The molecule has 2 amide bonds. The Morgan fingerprint density at radius 3 is 1.52 bits per heavy atom. The molecule has 0 aliphatic heterocycles. The van der Waals surface area contributed by atoms with Crippen molar-refractivity contribution >= 4 is 35.8 Å². The molecule has 0 saturated heterocycles. The maximum absolute atomic E-state index is 13.1. The van der Waals surface area contributed by atoms with Crippen LogP contribution in [0.1, 0.15) is 163 Å². The van der Waals surface area contributed by atoms with Crippen LogP contribution in [0.2, 0.25) is 0 Å². The summed E-state index contributed by atoms with van der Waals surface area (Å²) >= 11 is -1.92. The van der Waals surface area contributed by atoms with Crippen molar-refractivity contribution in [3.05, 3.63) is 35.9 Å². The van der Waals surface area contributed by atoms with Gasteiger partial charge in [-0.1, -0.05) is 104 Å². The molecular formula is C46H79ClN4O6Pt. The van der Waals surface area contributed by atoms with Crippen LogP contribution in [0.4, 0.5) is 0 Å². The molecule has 10 atom stereocenters. The normalized spacial score (nSPS) is 25.7. The van der Waals surface area contributed by atoms with Crippen molar-refractivity contribution in [3.63, 3.8) is 0 Å². The number of nitrogens with two attached hydrogens (primary N) is 2. The Morgan fingerprint density at radius 1 is 0.655 bits per heavy atom. The molecule has 1 aromatic carbocycles. The number of Topliss-reactive ketones (excluding diaryl/α,β-unsaturated/α-hetero) is 2. The van der Waals surface area contributed by atoms with E-state index in [1.165, 1.54) is 38.5 Å². The van der Waals surface area contributed by atoms with Gasteiger partial charge in [0.25, 0.3) is 0 Å². The molecule has 3 aliphatic rings. The Kier molecular flexibility index (Phi) is 26.6. The van der Waals surface area contributed by atoms with Crippen LogP contribution in [-0.4, -0.2) is 41.5 Å². The molecule has 0 radical (unpaired) electrons. The van der Waals surface area contributed by atoms with Crippen molar-refractivity contribution in [1.82, 2.24) is 10.6 Å². The van der Waals surface area contributed by atoms with Crippen LogP contribution < -0.4 is 22.1 Å². The topological polar surface area (TPSA) is 179 Å². The number of ketones is 2. The van der Waals surface area contributed by atoms with E-state index in [-0.39, 0.29) is 48.1 Å². The van der Waals surface area contributed by atoms with E-state index < -0.39 is 30.6 Å². The van der Waals surface area contributed by atoms with Crippen molar-refractivity contribution in [2.75, 3.05) is 0 Å². The number of carbonyl (C=O) groups is 4. The number of hydrogen-bond acceptors (Lipinski definition) is 8. The average molecular weight is 1010 g/mol. The van der Waals surface area contributed by atoms with E-state index >= 15 is 0 Å². The average Bonchev–Trinajstić information content (AvgIpc) is 3.18. The monoisotopic (exact) mass is 1010 g/mol. The van der Waals surface area contributed by atoms with Crippen molar-refractivity contribution in [2.45, 2.75) is 176 Å². The standard InChI is InChI=1S/C23H42N2O2.C23H36N2O2.ClH.2O.Pt/c2*1-15(2)19-11-10-16(3)14-20(19)22(26)13-12-21(25-23(27)17(4)24)18-8-6-5-7-9-18;;;;/h15-21H,5-14,24H2,1-4H3,(H,25,27);5-9,15-17,19-21H,10-14,24H2,1-4H3,(H,25,27);1H;;;/t2*16-,17+,19+,20-,21-;;;;/m11..../s1. The van der Waals surface area contributed by atoms with Crippen LogP contribution in [0.15, 0.2) is 30.3 Å². The summed E-state index contributed by atoms with van der Waals surface area (Å²) < 4.78 is 17.0. The summed E-state index contributed by atoms with van der Waals surface area (Å²) in [5.41, 5.74) is 12.5. The fourth-order valence-electron chi connectivity index (χ4n) is 9.69. The molecule has 3 saturated carbocycles. The fourth-order valence-corrected chi connectivity index (χ4v) is 9.69. The molecule has 6 N–H and O–H groups in total. The van der Waals surface area contributed by atoms with Gasteiger partial charge in [0, 0.05) is 30.7 Å². The van der Waals surface area contributed by atoms with Crippen molar-refractivity contribution in [3.8, 4) is 0 Å². The third kappa shape index (κ3) is 18.7. The molecule has 336 valence electrons. The predicted molar refractivity (Wildman–Crippen MR) is 230 cm³/mol. The Balaban J connectivity index is 0.000000534. The van der Waals surface area contributed by atoms with E-state index in [4.69, 9.17) is 18.3 Å². The summed E-state index contributed by atoms with van der Waals surface area (Å²) in [4.78, 5) is 50.5. The number of carbonyl (C=O) groups excluding carboxylic acids is 4. The maximum atomic E-state index is 13.1. The van der Waals surface area contributed by atoms with Gasteiger partial charge in [0.05, 0.1) is 18.1 Å². The second kappa shape index (κ2) is 28.5. The van der Waals surface area contributed by atoms with Crippen LogP contribution in [0.25, 0.3) is 0 Å². The molecule has 12 heteroatoms. The first kappa shape index (κ1) is 54.0. The van der Waals surface area contributed by atoms with Gasteiger partial charge >= 0.3 is 25.3 Å². The van der Waals surface area contributed by atoms with Crippen LogP contribution in [0, 0.1) is 53.3 Å². The van der Waals surface area contributed by atoms with E-state index in [0.29, 0.717) is 72.3 Å². The first-order chi connectivity index (χ1) is 27.0. The fraction of sp³-hybridized carbons (Fsp3) is 0.783. The second-order valence-corrected chi connectivity index (χ2v) is 18.9. The number of rotatable bonds is 16. The van der Waals surface area contributed by atoms with E-state index in [2.05, 4.69) is 52.2 Å². The van der Waals surface area contributed by atoms with Gasteiger partial charge in [-0.25, -0.2) is 0 Å². The van der Waals surface area contributed by atoms with Crippen LogP contribution >= 0.6 is 12.4 Å². The zero-order valence-electron chi connectivity index (χ0n) is 36.8. The molecule has 0 heterocycles. The molecule has 58 heavy (non-hydrogen) atoms. The molecule has 4 rings (SSSR count). The molecule has 1 aromatic rings. The summed E-state index contributed by atoms with van der Waals surface area (Å²) in [6.07, 6.45) is 15.4. The summed E-state index contributed by atoms with van der Waals surface area (Å²) in [7, 11) is 0. The molecule has 0 bridgehead atoms. The van der Waals surface area contributed by atoms with Gasteiger partial charge in [-0.2, -0.15) is 0 Å². The van der Waals surface area contributed by atoms with E-state index in [0.717, 1.165) is 44.1 Å². The van der Waals surface area contributed by atoms with Crippen molar-refractivity contribution in [2.24, 2.45) is 64.7 Å². The van der Waals surface area contributed by atoms with Gasteiger partial charge in [-0.3, -0.25) is 19.2 Å². The predicted octanol–water partition coefficient (Wildman–Crippen LogP) is 8.89. The van der Waals surface area contributed by atoms with Crippen LogP contribution in [0.3, 0.4) is 0 Å². The third-order valence-electron chi connectivity index (χ3n) is 13.1. The number of hydrogen-bond donors (Lipinski definition) is 4. The van der Waals surface area contributed by atoms with Gasteiger partial charge < -0.3 is 22.1 Å². The molecule has 0 unspecified atom stereocenters. The zero-order chi connectivity index (χ0) is 42.7. The number of benzene rings is 1. The molecule has 0 spiro atoms. The minimum atomic E-state index is -1.92. The number of nitrogens with one attached hydrogen (secondary N) is 2. The van der Waals surface area contributed by atoms with Gasteiger partial charge in [0.1, 0.15) is 11.6 Å². The summed E-state index contributed by atoms with van der Waals surface area (Å²) in [5.74, 6) is 4.80. The Labute approximate surface area is 365 Å². The first-order valence-electron chi connectivity index (χ1n) is 22.1. The molecule has 10 nitrogen and oxygen atoms in total. The third-order valence-corrected chi connectivity index (χ3v) is 13.1. The SMILES string of the molecule is CC(C)[C@@H]1CC[C@@H](C)C[C@H]1C(=O)CC[C@@H](NC(=O)[C@H](C)N)C1CCCCC1.CC(C)[C@@H]1CC[C@@H](C)C[C@H]1C(=O)CC[C@@H](NC(=O)[C@H](C)N)c1ccccc1.Cl.[O]=[Pt]=[O]. The quantitative estimate of drug-likeness (QED) is 0.127. The number of halogens is 1. The molecule has 3 fully saturated rings. The van der Waals surface area contributed by atoms with E-state index in [1.54, 1.807) is 13.8 Å². The summed E-state index contributed by atoms with van der Waals surface area (Å²) in [5, 5.41) is 6.19. The number of amides is 2. The Hall–Kier alpha value is -2.00. The molecule has 3 aliphatic carbocycles. The van der Waals surface area contributed by atoms with Gasteiger partial charge in [0.2, 0.25) is 11.8 Å². The first-order valence-corrected chi connectivity index (χ1v) is 23.9. The molecular weight excluding hydrogens is 935 g/mol. The van der Waals surface area contributed by atoms with Gasteiger partial charge in [-0.15, -0.1) is 12.4 Å². The Bertz CT molecular complexity index is 1400. The van der Waals surface area contributed by atoms with Crippen LogP contribution in [-0.2, 0) is 44.5 Å². The van der Waals surface area contributed by atoms with Crippen molar-refractivity contribution in [1.29, 1.82) is 0 Å². The van der Waals surface area contributed by atoms with Crippen molar-refractivity contribution < 1.29 is 44.5 Å². The van der Waals surface area contributed by atoms with Gasteiger partial charge in [0.15, 0.2) is 0 Å². The summed E-state index contributed by atoms with van der Waals surface area (Å²) in [6, 6.07) is 8.74. The zero-order valence-corrected chi connectivity index (χ0v) is 39.9.